The highest BCUT2D eigenvalue weighted by Gasteiger charge is 2.33. The van der Waals surface area contributed by atoms with Crippen LogP contribution in [0.1, 0.15) is 21.6 Å². The highest BCUT2D eigenvalue weighted by atomic mass is 19.1. The van der Waals surface area contributed by atoms with E-state index in [1.54, 1.807) is 48.5 Å². The van der Waals surface area contributed by atoms with Crippen LogP contribution < -0.4 is 10.1 Å². The number of carbonyl (C=O) groups is 2. The summed E-state index contributed by atoms with van der Waals surface area (Å²) in [6.45, 7) is 2.77. The molecule has 0 bridgehead atoms. The molecule has 0 radical (unpaired) electrons. The van der Waals surface area contributed by atoms with Gasteiger partial charge in [-0.1, -0.05) is 36.4 Å². The van der Waals surface area contributed by atoms with E-state index >= 15 is 8.78 Å². The number of aliphatic carboxylic acids is 1. The molecule has 40 heavy (non-hydrogen) atoms. The fourth-order valence-corrected chi connectivity index (χ4v) is 4.94. The average Bonchev–Trinajstić information content (AvgIpc) is 2.92. The minimum absolute atomic E-state index is 0.0196. The van der Waals surface area contributed by atoms with E-state index in [0.717, 1.165) is 5.56 Å². The molecule has 1 fully saturated rings. The molecule has 3 aromatic carbocycles. The van der Waals surface area contributed by atoms with Crippen LogP contribution >= 0.6 is 0 Å². The minimum atomic E-state index is -0.855. The van der Waals surface area contributed by atoms with E-state index in [-0.39, 0.29) is 23.5 Å². The number of aromatic nitrogens is 1. The lowest BCUT2D eigenvalue weighted by molar-refractivity contribution is -0.147. The second kappa shape index (κ2) is 11.2. The van der Waals surface area contributed by atoms with Gasteiger partial charge in [-0.15, -0.1) is 0 Å². The average molecular weight is 544 g/mol. The van der Waals surface area contributed by atoms with Crippen molar-refractivity contribution in [2.75, 3.05) is 25.5 Å². The number of likely N-dealkylation sites (tertiary alicyclic amines) is 1. The molecule has 204 valence electrons. The molecule has 0 atom stereocenters. The van der Waals surface area contributed by atoms with Gasteiger partial charge in [-0.2, -0.15) is 0 Å². The number of halogens is 2. The molecule has 5 rings (SSSR count). The van der Waals surface area contributed by atoms with Crippen LogP contribution in [0.25, 0.3) is 22.3 Å². The molecule has 0 saturated carbocycles. The number of benzene rings is 3. The molecule has 0 aliphatic carbocycles. The van der Waals surface area contributed by atoms with Crippen LogP contribution in [0.4, 0.5) is 14.5 Å². The second-order valence-electron chi connectivity index (χ2n) is 9.68. The van der Waals surface area contributed by atoms with Crippen molar-refractivity contribution >= 4 is 17.6 Å². The molecule has 7 nitrogen and oxygen atoms in total. The number of ether oxygens (including phenoxy) is 1. The van der Waals surface area contributed by atoms with Gasteiger partial charge >= 0.3 is 5.97 Å². The Balaban J connectivity index is 1.45. The van der Waals surface area contributed by atoms with Crippen molar-refractivity contribution < 1.29 is 28.2 Å². The van der Waals surface area contributed by atoms with Crippen LogP contribution in [0.15, 0.2) is 72.9 Å². The smallest absolute Gasteiger partial charge is 0.309 e. The Hall–Kier alpha value is -4.63. The molecule has 1 saturated heterocycles. The molecule has 9 heteroatoms. The summed E-state index contributed by atoms with van der Waals surface area (Å²) in [6, 6.07) is 18.2. The standard InChI is InChI=1S/C31H27F2N3O4/c1-18-21(19-13-25(32)24(28(14-19)40-2)17-36-15-20(16-36)31(38)39)7-5-8-22(18)23-9-6-11-26(29(23)33)35-30(37)27-10-3-4-12-34-27/h3-14,20H,15-17H2,1-2H3,(H,35,37)(H,38,39). The van der Waals surface area contributed by atoms with Gasteiger partial charge in [0.25, 0.3) is 5.91 Å². The van der Waals surface area contributed by atoms with E-state index in [2.05, 4.69) is 10.3 Å². The molecule has 1 aromatic heterocycles. The highest BCUT2D eigenvalue weighted by molar-refractivity contribution is 6.03. The fourth-order valence-electron chi connectivity index (χ4n) is 4.94. The second-order valence-corrected chi connectivity index (χ2v) is 9.68. The Morgan fingerprint density at radius 1 is 1.02 bits per heavy atom. The number of carboxylic acid groups (broad SMARTS) is 1. The van der Waals surface area contributed by atoms with Crippen molar-refractivity contribution in [3.8, 4) is 28.0 Å². The van der Waals surface area contributed by atoms with Gasteiger partial charge < -0.3 is 15.2 Å². The van der Waals surface area contributed by atoms with Gasteiger partial charge in [0.2, 0.25) is 0 Å². The van der Waals surface area contributed by atoms with Crippen LogP contribution in [0.5, 0.6) is 5.75 Å². The summed E-state index contributed by atoms with van der Waals surface area (Å²) in [5.41, 5.74) is 3.39. The number of nitrogens with zero attached hydrogens (tertiary/aromatic N) is 2. The molecule has 1 aliphatic rings. The first kappa shape index (κ1) is 27.0. The quantitative estimate of drug-likeness (QED) is 0.293. The lowest BCUT2D eigenvalue weighted by Crippen LogP contribution is -2.49. The van der Waals surface area contributed by atoms with E-state index in [1.807, 2.05) is 17.9 Å². The number of hydrogen-bond acceptors (Lipinski definition) is 5. The highest BCUT2D eigenvalue weighted by Crippen LogP contribution is 2.38. The summed E-state index contributed by atoms with van der Waals surface area (Å²) < 4.78 is 36.5. The topological polar surface area (TPSA) is 91.8 Å². The Bertz CT molecular complexity index is 1590. The van der Waals surface area contributed by atoms with Crippen LogP contribution in [0.2, 0.25) is 0 Å². The van der Waals surface area contributed by atoms with E-state index in [0.29, 0.717) is 41.1 Å². The van der Waals surface area contributed by atoms with Crippen LogP contribution in [-0.2, 0) is 11.3 Å². The van der Waals surface area contributed by atoms with Crippen LogP contribution in [0, 0.1) is 24.5 Å². The number of nitrogens with one attached hydrogen (secondary N) is 1. The van der Waals surface area contributed by atoms with Crippen molar-refractivity contribution in [3.05, 3.63) is 101 Å². The number of carbonyl (C=O) groups excluding carboxylic acids is 1. The Morgan fingerprint density at radius 3 is 2.45 bits per heavy atom. The summed E-state index contributed by atoms with van der Waals surface area (Å²) in [5.74, 6) is -2.54. The largest absolute Gasteiger partial charge is 0.496 e. The lowest BCUT2D eigenvalue weighted by Gasteiger charge is -2.36. The van der Waals surface area contributed by atoms with E-state index in [9.17, 15) is 9.59 Å². The third kappa shape index (κ3) is 5.28. The Labute approximate surface area is 230 Å². The van der Waals surface area contributed by atoms with Crippen molar-refractivity contribution in [2.24, 2.45) is 5.92 Å². The van der Waals surface area contributed by atoms with Crippen molar-refractivity contribution in [2.45, 2.75) is 13.5 Å². The number of rotatable bonds is 8. The normalized spacial score (nSPS) is 13.5. The van der Waals surface area contributed by atoms with Gasteiger partial charge in [0, 0.05) is 37.0 Å². The molecular weight excluding hydrogens is 516 g/mol. The van der Waals surface area contributed by atoms with Gasteiger partial charge in [-0.3, -0.25) is 19.5 Å². The molecule has 0 spiro atoms. The maximum absolute atomic E-state index is 15.7. The minimum Gasteiger partial charge on any atom is -0.496 e. The number of anilines is 1. The SMILES string of the molecule is COc1cc(-c2cccc(-c3cccc(NC(=O)c4ccccn4)c3F)c2C)cc(F)c1CN1CC(C(=O)O)C1. The zero-order valence-electron chi connectivity index (χ0n) is 21.9. The molecule has 1 aliphatic heterocycles. The maximum Gasteiger partial charge on any atom is 0.309 e. The fraction of sp³-hybridized carbons (Fsp3) is 0.194. The van der Waals surface area contributed by atoms with E-state index in [4.69, 9.17) is 9.84 Å². The number of pyridine rings is 1. The predicted octanol–water partition coefficient (Wildman–Crippen LogP) is 5.78. The van der Waals surface area contributed by atoms with Gasteiger partial charge in [-0.25, -0.2) is 8.78 Å². The molecule has 2 heterocycles. The summed E-state index contributed by atoms with van der Waals surface area (Å²) in [4.78, 5) is 29.5. The third-order valence-electron chi connectivity index (χ3n) is 7.14. The summed E-state index contributed by atoms with van der Waals surface area (Å²) in [5, 5.41) is 11.7. The van der Waals surface area contributed by atoms with Crippen molar-refractivity contribution in [1.29, 1.82) is 0 Å². The molecule has 4 aromatic rings. The van der Waals surface area contributed by atoms with Gasteiger partial charge in [0.05, 0.1) is 18.7 Å². The number of methoxy groups -OCH3 is 1. The van der Waals surface area contributed by atoms with Crippen LogP contribution in [-0.4, -0.2) is 47.1 Å². The van der Waals surface area contributed by atoms with Crippen molar-refractivity contribution in [3.63, 3.8) is 0 Å². The first-order valence-electron chi connectivity index (χ1n) is 12.7. The zero-order valence-corrected chi connectivity index (χ0v) is 21.9. The third-order valence-corrected chi connectivity index (χ3v) is 7.14. The summed E-state index contributed by atoms with van der Waals surface area (Å²) in [6.07, 6.45) is 1.49. The molecule has 2 N–H and O–H groups in total. The van der Waals surface area contributed by atoms with E-state index < -0.39 is 29.4 Å². The number of hydrogen-bond donors (Lipinski definition) is 2. The van der Waals surface area contributed by atoms with Gasteiger partial charge in [0.1, 0.15) is 17.3 Å². The zero-order chi connectivity index (χ0) is 28.4. The van der Waals surface area contributed by atoms with Gasteiger partial charge in [-0.05, 0) is 59.5 Å². The van der Waals surface area contributed by atoms with Crippen molar-refractivity contribution in [1.82, 2.24) is 9.88 Å². The van der Waals surface area contributed by atoms with Crippen LogP contribution in [0.3, 0.4) is 0 Å². The monoisotopic (exact) mass is 543 g/mol. The first-order chi connectivity index (χ1) is 19.3. The summed E-state index contributed by atoms with van der Waals surface area (Å²) >= 11 is 0. The Kier molecular flexibility index (Phi) is 7.57. The molecule has 1 amide bonds. The number of carboxylic acids is 1. The molecular formula is C31H27F2N3O4. The Morgan fingerprint density at radius 2 is 1.75 bits per heavy atom. The van der Waals surface area contributed by atoms with E-state index in [1.165, 1.54) is 25.4 Å². The van der Waals surface area contributed by atoms with Gasteiger partial charge in [0.15, 0.2) is 5.82 Å². The predicted molar refractivity (Wildman–Crippen MR) is 147 cm³/mol. The first-order valence-corrected chi connectivity index (χ1v) is 12.7. The molecule has 0 unspecified atom stereocenters. The maximum atomic E-state index is 15.7. The number of amides is 1. The summed E-state index contributed by atoms with van der Waals surface area (Å²) in [7, 11) is 1.46. The lowest BCUT2D eigenvalue weighted by atomic mass is 9.91.